The molecule has 5 nitrogen and oxygen atoms in total. The van der Waals surface area contributed by atoms with Gasteiger partial charge in [0.25, 0.3) is 5.91 Å². The summed E-state index contributed by atoms with van der Waals surface area (Å²) in [4.78, 5) is 27.2. The van der Waals surface area contributed by atoms with Crippen LogP contribution in [0.4, 0.5) is 5.69 Å². The Kier molecular flexibility index (Phi) is 6.60. The SMILES string of the molecule is COc1cc(/C=C2\SC(=S)N(c3cccc(Cl)c3)C2=O)ccc1OC(=O)c1ccccc1. The fourth-order valence-electron chi connectivity index (χ4n) is 3.05. The van der Waals surface area contributed by atoms with Gasteiger partial charge in [-0.25, -0.2) is 4.79 Å². The zero-order chi connectivity index (χ0) is 22.7. The van der Waals surface area contributed by atoms with Crippen LogP contribution in [-0.4, -0.2) is 23.3 Å². The Morgan fingerprint density at radius 1 is 1.03 bits per heavy atom. The molecule has 0 bridgehead atoms. The molecule has 4 rings (SSSR count). The number of anilines is 1. The predicted octanol–water partition coefficient (Wildman–Crippen LogP) is 5.97. The molecule has 0 saturated carbocycles. The van der Waals surface area contributed by atoms with E-state index in [1.807, 2.05) is 6.07 Å². The van der Waals surface area contributed by atoms with Crippen LogP contribution in [0.3, 0.4) is 0 Å². The number of thioether (sulfide) groups is 1. The second-order valence-corrected chi connectivity index (χ2v) is 8.78. The van der Waals surface area contributed by atoms with E-state index in [0.717, 1.165) is 0 Å². The lowest BCUT2D eigenvalue weighted by Crippen LogP contribution is -2.27. The van der Waals surface area contributed by atoms with Crippen LogP contribution >= 0.6 is 35.6 Å². The maximum atomic E-state index is 13.0. The molecule has 1 amide bonds. The van der Waals surface area contributed by atoms with Crippen LogP contribution in [0.1, 0.15) is 15.9 Å². The summed E-state index contributed by atoms with van der Waals surface area (Å²) in [5.41, 5.74) is 1.75. The number of carbonyl (C=O) groups is 2. The first-order valence-corrected chi connectivity index (χ1v) is 11.1. The maximum absolute atomic E-state index is 13.0. The highest BCUT2D eigenvalue weighted by atomic mass is 35.5. The predicted molar refractivity (Wildman–Crippen MR) is 131 cm³/mol. The smallest absolute Gasteiger partial charge is 0.343 e. The van der Waals surface area contributed by atoms with Gasteiger partial charge in [0.1, 0.15) is 0 Å². The topological polar surface area (TPSA) is 55.8 Å². The van der Waals surface area contributed by atoms with Crippen molar-refractivity contribution in [1.29, 1.82) is 0 Å². The second kappa shape index (κ2) is 9.56. The van der Waals surface area contributed by atoms with Crippen LogP contribution in [0, 0.1) is 0 Å². The molecule has 32 heavy (non-hydrogen) atoms. The van der Waals surface area contributed by atoms with Crippen LogP contribution in [0.2, 0.25) is 5.02 Å². The first kappa shape index (κ1) is 22.1. The van der Waals surface area contributed by atoms with Gasteiger partial charge in [0.15, 0.2) is 15.8 Å². The normalized spacial score (nSPS) is 14.7. The van der Waals surface area contributed by atoms with Gasteiger partial charge in [-0.15, -0.1) is 0 Å². The number of amides is 1. The third-order valence-electron chi connectivity index (χ3n) is 4.56. The summed E-state index contributed by atoms with van der Waals surface area (Å²) in [7, 11) is 1.48. The van der Waals surface area contributed by atoms with E-state index < -0.39 is 5.97 Å². The molecule has 8 heteroatoms. The Balaban J connectivity index is 1.57. The number of ether oxygens (including phenoxy) is 2. The van der Waals surface area contributed by atoms with Crippen molar-refractivity contribution in [2.45, 2.75) is 0 Å². The number of rotatable bonds is 5. The fourth-order valence-corrected chi connectivity index (χ4v) is 4.53. The maximum Gasteiger partial charge on any atom is 0.343 e. The van der Waals surface area contributed by atoms with E-state index in [0.29, 0.717) is 36.8 Å². The van der Waals surface area contributed by atoms with E-state index in [-0.39, 0.29) is 11.7 Å². The number of hydrogen-bond acceptors (Lipinski definition) is 6. The van der Waals surface area contributed by atoms with Crippen LogP contribution in [0.15, 0.2) is 77.7 Å². The molecule has 0 unspecified atom stereocenters. The van der Waals surface area contributed by atoms with Crippen molar-refractivity contribution in [3.05, 3.63) is 93.9 Å². The Morgan fingerprint density at radius 2 is 1.81 bits per heavy atom. The second-order valence-electron chi connectivity index (χ2n) is 6.66. The highest BCUT2D eigenvalue weighted by Crippen LogP contribution is 2.37. The zero-order valence-corrected chi connectivity index (χ0v) is 19.2. The summed E-state index contributed by atoms with van der Waals surface area (Å²) in [5, 5.41) is 0.519. The van der Waals surface area contributed by atoms with Crippen molar-refractivity contribution in [3.8, 4) is 11.5 Å². The van der Waals surface area contributed by atoms with E-state index in [9.17, 15) is 9.59 Å². The molecule has 1 aliphatic rings. The average Bonchev–Trinajstić information content (AvgIpc) is 3.07. The molecule has 0 atom stereocenters. The molecule has 160 valence electrons. The zero-order valence-electron chi connectivity index (χ0n) is 16.8. The van der Waals surface area contributed by atoms with Crippen molar-refractivity contribution in [3.63, 3.8) is 0 Å². The summed E-state index contributed by atoms with van der Waals surface area (Å²) in [6.07, 6.45) is 1.72. The molecule has 0 N–H and O–H groups in total. The van der Waals surface area contributed by atoms with Crippen molar-refractivity contribution in [2.24, 2.45) is 0 Å². The lowest BCUT2D eigenvalue weighted by atomic mass is 10.1. The van der Waals surface area contributed by atoms with Crippen molar-refractivity contribution < 1.29 is 19.1 Å². The van der Waals surface area contributed by atoms with Crippen molar-refractivity contribution in [2.75, 3.05) is 12.0 Å². The molecule has 1 aliphatic heterocycles. The van der Waals surface area contributed by atoms with E-state index in [4.69, 9.17) is 33.3 Å². The molecule has 0 radical (unpaired) electrons. The standard InChI is InChI=1S/C24H16ClNO4S2/c1-29-20-12-15(10-11-19(20)30-23(28)16-6-3-2-4-7-16)13-21-22(27)26(24(31)32-21)18-9-5-8-17(25)14-18/h2-14H,1H3/b21-13-. The quantitative estimate of drug-likeness (QED) is 0.193. The summed E-state index contributed by atoms with van der Waals surface area (Å²) < 4.78 is 11.3. The van der Waals surface area contributed by atoms with E-state index in [1.54, 1.807) is 72.8 Å². The highest BCUT2D eigenvalue weighted by molar-refractivity contribution is 8.27. The first-order valence-electron chi connectivity index (χ1n) is 9.45. The van der Waals surface area contributed by atoms with Gasteiger partial charge in [-0.2, -0.15) is 0 Å². The molecule has 3 aromatic rings. The van der Waals surface area contributed by atoms with Gasteiger partial charge >= 0.3 is 5.97 Å². The Hall–Kier alpha value is -3.13. The largest absolute Gasteiger partial charge is 0.493 e. The summed E-state index contributed by atoms with van der Waals surface area (Å²) in [6.45, 7) is 0. The molecule has 0 aliphatic carbocycles. The van der Waals surface area contributed by atoms with E-state index >= 15 is 0 Å². The summed E-state index contributed by atoms with van der Waals surface area (Å²) in [5.74, 6) is -0.0711. The van der Waals surface area contributed by atoms with Crippen LogP contribution in [0.5, 0.6) is 11.5 Å². The lowest BCUT2D eigenvalue weighted by Gasteiger charge is -2.14. The van der Waals surface area contributed by atoms with Crippen LogP contribution in [-0.2, 0) is 4.79 Å². The summed E-state index contributed by atoms with van der Waals surface area (Å²) in [6, 6.07) is 20.7. The van der Waals surface area contributed by atoms with Gasteiger partial charge in [-0.05, 0) is 54.1 Å². The van der Waals surface area contributed by atoms with Crippen molar-refractivity contribution >= 4 is 63.5 Å². The minimum Gasteiger partial charge on any atom is -0.493 e. The molecule has 1 heterocycles. The third-order valence-corrected chi connectivity index (χ3v) is 6.09. The molecule has 1 fully saturated rings. The molecule has 0 aromatic heterocycles. The van der Waals surface area contributed by atoms with Gasteiger partial charge in [0.2, 0.25) is 0 Å². The number of carbonyl (C=O) groups excluding carboxylic acids is 2. The van der Waals surface area contributed by atoms with Crippen LogP contribution in [0.25, 0.3) is 6.08 Å². The van der Waals surface area contributed by atoms with Gasteiger partial charge in [-0.3, -0.25) is 9.69 Å². The Morgan fingerprint density at radius 3 is 2.53 bits per heavy atom. The summed E-state index contributed by atoms with van der Waals surface area (Å²) >= 11 is 12.7. The number of thiocarbonyl (C=S) groups is 1. The Bertz CT molecular complexity index is 1240. The monoisotopic (exact) mass is 481 g/mol. The van der Waals surface area contributed by atoms with E-state index in [1.165, 1.54) is 23.8 Å². The minimum absolute atomic E-state index is 0.235. The molecule has 3 aromatic carbocycles. The number of methoxy groups -OCH3 is 1. The highest BCUT2D eigenvalue weighted by Gasteiger charge is 2.33. The van der Waals surface area contributed by atoms with Crippen molar-refractivity contribution in [1.82, 2.24) is 0 Å². The third kappa shape index (κ3) is 4.70. The molecular formula is C24H16ClNO4S2. The number of esters is 1. The first-order chi connectivity index (χ1) is 15.5. The fraction of sp³-hybridized carbons (Fsp3) is 0.0417. The van der Waals surface area contributed by atoms with Gasteiger partial charge < -0.3 is 9.47 Å². The molecule has 0 spiro atoms. The van der Waals surface area contributed by atoms with E-state index in [2.05, 4.69) is 0 Å². The van der Waals surface area contributed by atoms with Gasteiger partial charge in [0.05, 0.1) is 23.3 Å². The van der Waals surface area contributed by atoms with Gasteiger partial charge in [-0.1, -0.05) is 65.9 Å². The lowest BCUT2D eigenvalue weighted by molar-refractivity contribution is -0.113. The average molecular weight is 482 g/mol. The molecule has 1 saturated heterocycles. The Labute approximate surface area is 199 Å². The number of halogens is 1. The van der Waals surface area contributed by atoms with Gasteiger partial charge in [0, 0.05) is 5.02 Å². The molecular weight excluding hydrogens is 466 g/mol. The van der Waals surface area contributed by atoms with Crippen LogP contribution < -0.4 is 14.4 Å². The minimum atomic E-state index is -0.487. The number of hydrogen-bond donors (Lipinski definition) is 0. The number of nitrogens with zero attached hydrogens (tertiary/aromatic N) is 1. The number of benzene rings is 3.